The minimum Gasteiger partial charge on any atom is -0.237 e. The second-order valence-corrected chi connectivity index (χ2v) is 4.51. The molecule has 0 bridgehead atoms. The molecule has 0 saturated heterocycles. The highest BCUT2D eigenvalue weighted by Crippen LogP contribution is 1.95. The van der Waals surface area contributed by atoms with Crippen LogP contribution in [-0.2, 0) is 14.9 Å². The zero-order valence-corrected chi connectivity index (χ0v) is 6.99. The lowest BCUT2D eigenvalue weighted by atomic mass is 10.5. The minimum absolute atomic E-state index is 0.0599. The zero-order valence-electron chi connectivity index (χ0n) is 6.17. The Hall–Kier alpha value is -0.0900. The molecule has 0 fully saturated rings. The molecule has 0 N–H and O–H groups in total. The molecular formula is C6H13O3S. The number of rotatable bonds is 5. The van der Waals surface area contributed by atoms with Crippen LogP contribution in [0.4, 0.5) is 0 Å². The maximum absolute atomic E-state index is 10.9. The Bertz CT molecular complexity index is 160. The Kier molecular flexibility index (Phi) is 4.64. The lowest BCUT2D eigenvalue weighted by Gasteiger charge is -1.98. The smallest absolute Gasteiger partial charge is 0.150 e. The van der Waals surface area contributed by atoms with Crippen LogP contribution in [0.1, 0.15) is 19.8 Å². The van der Waals surface area contributed by atoms with Gasteiger partial charge in [-0.15, -0.1) is 0 Å². The molecule has 0 heterocycles. The average Bonchev–Trinajstić information content (AvgIpc) is 1.84. The van der Waals surface area contributed by atoms with Crippen LogP contribution in [0.25, 0.3) is 0 Å². The summed E-state index contributed by atoms with van der Waals surface area (Å²) in [7, 11) is -2.89. The van der Waals surface area contributed by atoms with Crippen LogP contribution in [0.15, 0.2) is 0 Å². The first-order valence-electron chi connectivity index (χ1n) is 3.41. The van der Waals surface area contributed by atoms with Crippen LogP contribution >= 0.6 is 0 Å². The van der Waals surface area contributed by atoms with Crippen LogP contribution in [0.2, 0.25) is 0 Å². The van der Waals surface area contributed by atoms with Crippen LogP contribution < -0.4 is 0 Å². The maximum Gasteiger partial charge on any atom is 0.150 e. The van der Waals surface area contributed by atoms with Gasteiger partial charge in [-0.3, -0.25) is 0 Å². The Morgan fingerprint density at radius 3 is 2.20 bits per heavy atom. The van der Waals surface area contributed by atoms with Crippen LogP contribution in [0.3, 0.4) is 0 Å². The van der Waals surface area contributed by atoms with Gasteiger partial charge in [0, 0.05) is 5.75 Å². The predicted molar refractivity (Wildman–Crippen MR) is 39.1 cm³/mol. The van der Waals surface area contributed by atoms with Gasteiger partial charge in [0.25, 0.3) is 0 Å². The third-order valence-electron chi connectivity index (χ3n) is 1.11. The third-order valence-corrected chi connectivity index (χ3v) is 3.06. The highest BCUT2D eigenvalue weighted by atomic mass is 32.2. The van der Waals surface area contributed by atoms with Crippen molar-refractivity contribution in [3.8, 4) is 0 Å². The van der Waals surface area contributed by atoms with E-state index in [-0.39, 0.29) is 24.5 Å². The molecule has 10 heavy (non-hydrogen) atoms. The Labute approximate surface area is 62.0 Å². The quantitative estimate of drug-likeness (QED) is 0.600. The monoisotopic (exact) mass is 165 g/mol. The van der Waals surface area contributed by atoms with Crippen molar-refractivity contribution in [1.82, 2.24) is 0 Å². The average molecular weight is 165 g/mol. The first-order valence-corrected chi connectivity index (χ1v) is 5.23. The van der Waals surface area contributed by atoms with E-state index in [0.29, 0.717) is 6.42 Å². The summed E-state index contributed by atoms with van der Waals surface area (Å²) in [4.78, 5) is 0. The van der Waals surface area contributed by atoms with Gasteiger partial charge in [-0.1, -0.05) is 6.92 Å². The van der Waals surface area contributed by atoms with Crippen LogP contribution in [-0.4, -0.2) is 26.5 Å². The molecule has 1 radical (unpaired) electrons. The highest BCUT2D eigenvalue weighted by Gasteiger charge is 2.07. The first kappa shape index (κ1) is 9.91. The molecular weight excluding hydrogens is 152 g/mol. The second kappa shape index (κ2) is 4.68. The molecule has 0 aliphatic rings. The lowest BCUT2D eigenvalue weighted by Crippen LogP contribution is -2.11. The lowest BCUT2D eigenvalue weighted by molar-refractivity contribution is 0.194. The van der Waals surface area contributed by atoms with E-state index in [0.717, 1.165) is 0 Å². The summed E-state index contributed by atoms with van der Waals surface area (Å²) in [5.41, 5.74) is 0. The van der Waals surface area contributed by atoms with Crippen molar-refractivity contribution < 1.29 is 13.5 Å². The molecule has 0 atom stereocenters. The Balaban J connectivity index is 3.65. The van der Waals surface area contributed by atoms with Gasteiger partial charge in [0.2, 0.25) is 0 Å². The van der Waals surface area contributed by atoms with E-state index in [1.165, 1.54) is 0 Å². The van der Waals surface area contributed by atoms with E-state index in [1.54, 1.807) is 0 Å². The number of hydrogen-bond donors (Lipinski definition) is 0. The minimum atomic E-state index is -2.89. The van der Waals surface area contributed by atoms with Crippen molar-refractivity contribution in [2.75, 3.05) is 18.1 Å². The molecule has 0 spiro atoms. The Morgan fingerprint density at radius 2 is 1.80 bits per heavy atom. The van der Waals surface area contributed by atoms with Crippen molar-refractivity contribution >= 4 is 9.84 Å². The van der Waals surface area contributed by atoms with Gasteiger partial charge in [-0.05, 0) is 12.8 Å². The molecule has 0 saturated carbocycles. The normalized spacial score (nSPS) is 11.8. The molecule has 0 aromatic rings. The summed E-state index contributed by atoms with van der Waals surface area (Å²) >= 11 is 0. The van der Waals surface area contributed by atoms with Crippen LogP contribution in [0, 0.1) is 0 Å². The van der Waals surface area contributed by atoms with E-state index in [2.05, 4.69) is 0 Å². The van der Waals surface area contributed by atoms with E-state index < -0.39 is 9.84 Å². The van der Waals surface area contributed by atoms with E-state index >= 15 is 0 Å². The van der Waals surface area contributed by atoms with E-state index in [1.807, 2.05) is 6.92 Å². The fraction of sp³-hybridized carbons (Fsp3) is 1.00. The zero-order chi connectivity index (χ0) is 8.04. The summed E-state index contributed by atoms with van der Waals surface area (Å²) in [6.07, 6.45) is 0.892. The number of hydrogen-bond acceptors (Lipinski definition) is 2. The molecule has 0 aliphatic carbocycles. The van der Waals surface area contributed by atoms with E-state index in [9.17, 15) is 13.5 Å². The van der Waals surface area contributed by atoms with Crippen molar-refractivity contribution in [3.05, 3.63) is 0 Å². The fourth-order valence-electron chi connectivity index (χ4n) is 0.692. The maximum atomic E-state index is 10.9. The summed E-state index contributed by atoms with van der Waals surface area (Å²) in [5, 5.41) is 9.92. The molecule has 61 valence electrons. The molecule has 0 aromatic carbocycles. The van der Waals surface area contributed by atoms with Crippen molar-refractivity contribution in [2.24, 2.45) is 0 Å². The molecule has 0 amide bonds. The third kappa shape index (κ3) is 4.76. The van der Waals surface area contributed by atoms with Gasteiger partial charge in [-0.25, -0.2) is 13.5 Å². The fourth-order valence-corrected chi connectivity index (χ4v) is 2.08. The predicted octanol–water partition coefficient (Wildman–Crippen LogP) is 0.632. The van der Waals surface area contributed by atoms with Gasteiger partial charge >= 0.3 is 0 Å². The van der Waals surface area contributed by atoms with Gasteiger partial charge in [0.15, 0.2) is 0 Å². The summed E-state index contributed by atoms with van der Waals surface area (Å²) < 4.78 is 21.7. The summed E-state index contributed by atoms with van der Waals surface area (Å²) in [6.45, 7) is 1.53. The first-order chi connectivity index (χ1) is 4.62. The number of sulfone groups is 1. The molecule has 0 aromatic heterocycles. The van der Waals surface area contributed by atoms with Crippen LogP contribution in [0.5, 0.6) is 0 Å². The summed E-state index contributed by atoms with van der Waals surface area (Å²) in [6, 6.07) is 0. The SMILES string of the molecule is CCCS(=O)(=O)CCC[O]. The van der Waals surface area contributed by atoms with Crippen molar-refractivity contribution in [3.63, 3.8) is 0 Å². The molecule has 0 aliphatic heterocycles. The second-order valence-electron chi connectivity index (χ2n) is 2.21. The van der Waals surface area contributed by atoms with Gasteiger partial charge in [0.1, 0.15) is 9.84 Å². The van der Waals surface area contributed by atoms with Gasteiger partial charge in [-0.2, -0.15) is 0 Å². The Morgan fingerprint density at radius 1 is 1.20 bits per heavy atom. The van der Waals surface area contributed by atoms with E-state index in [4.69, 9.17) is 0 Å². The standard InChI is InChI=1S/C6H13O3S/c1-2-5-10(8,9)6-3-4-7/h2-6H2,1H3. The van der Waals surface area contributed by atoms with Crippen molar-refractivity contribution in [1.29, 1.82) is 0 Å². The molecule has 3 nitrogen and oxygen atoms in total. The topological polar surface area (TPSA) is 54.0 Å². The molecule has 0 rings (SSSR count). The highest BCUT2D eigenvalue weighted by molar-refractivity contribution is 7.91. The van der Waals surface area contributed by atoms with Crippen molar-refractivity contribution in [2.45, 2.75) is 19.8 Å². The largest absolute Gasteiger partial charge is 0.237 e. The van der Waals surface area contributed by atoms with Gasteiger partial charge in [0.05, 0.1) is 12.4 Å². The molecule has 0 unspecified atom stereocenters. The summed E-state index contributed by atoms with van der Waals surface area (Å²) in [5.74, 6) is 0.275. The molecule has 4 heteroatoms. The van der Waals surface area contributed by atoms with Gasteiger partial charge < -0.3 is 0 Å².